The summed E-state index contributed by atoms with van der Waals surface area (Å²) in [6, 6.07) is 13.3. The Balaban J connectivity index is 1.51. The van der Waals surface area contributed by atoms with Crippen LogP contribution in [0.3, 0.4) is 0 Å². The largest absolute Gasteiger partial charge is 0.475 e. The molecule has 8 nitrogen and oxygen atoms in total. The van der Waals surface area contributed by atoms with Gasteiger partial charge in [-0.05, 0) is 24.1 Å². The molecule has 0 N–H and O–H groups in total. The average molecular weight is 356 g/mol. The number of anilines is 1. The number of carbonyl (C=O) groups excluding carboxylic acids is 2. The van der Waals surface area contributed by atoms with Gasteiger partial charge < -0.3 is 14.4 Å². The number of hydrogen-bond donors (Lipinski definition) is 0. The van der Waals surface area contributed by atoms with E-state index in [0.717, 1.165) is 17.7 Å². The van der Waals surface area contributed by atoms with Gasteiger partial charge >= 0.3 is 11.7 Å². The van der Waals surface area contributed by atoms with Crippen LogP contribution >= 0.6 is 0 Å². The first-order chi connectivity index (χ1) is 12.6. The van der Waals surface area contributed by atoms with Crippen molar-refractivity contribution in [3.63, 3.8) is 0 Å². The van der Waals surface area contributed by atoms with Crippen LogP contribution in [0.15, 0.2) is 48.5 Å². The topological polar surface area (TPSA) is 99.0 Å². The lowest BCUT2D eigenvalue weighted by atomic mass is 10.2. The van der Waals surface area contributed by atoms with Crippen LogP contribution in [-0.4, -0.2) is 36.6 Å². The van der Waals surface area contributed by atoms with E-state index < -0.39 is 24.1 Å². The second-order valence-corrected chi connectivity index (χ2v) is 5.60. The van der Waals surface area contributed by atoms with Gasteiger partial charge in [0.25, 0.3) is 5.91 Å². The Labute approximate surface area is 149 Å². The number of nitrogens with zero attached hydrogens (tertiary/aromatic N) is 2. The second kappa shape index (κ2) is 7.64. The first-order valence-corrected chi connectivity index (χ1v) is 7.96. The SMILES string of the molecule is O=C(COc1ccccc1[N+](=O)[O-])OCC(=O)N1CCc2ccccc21. The molecule has 26 heavy (non-hydrogen) atoms. The quantitative estimate of drug-likeness (QED) is 0.446. The molecule has 0 aromatic heterocycles. The molecule has 2 aromatic carbocycles. The average Bonchev–Trinajstić information content (AvgIpc) is 3.08. The molecular formula is C18H16N2O6. The number of esters is 1. The highest BCUT2D eigenvalue weighted by molar-refractivity contribution is 5.97. The number of fused-ring (bicyclic) bond motifs is 1. The molecule has 1 amide bonds. The fourth-order valence-electron chi connectivity index (χ4n) is 2.73. The number of rotatable bonds is 6. The molecule has 134 valence electrons. The van der Waals surface area contributed by atoms with Crippen LogP contribution in [0.4, 0.5) is 11.4 Å². The summed E-state index contributed by atoms with van der Waals surface area (Å²) in [6.07, 6.45) is 0.761. The number of carbonyl (C=O) groups is 2. The third-order valence-electron chi connectivity index (χ3n) is 3.95. The lowest BCUT2D eigenvalue weighted by molar-refractivity contribution is -0.385. The van der Waals surface area contributed by atoms with Crippen molar-refractivity contribution < 1.29 is 24.0 Å². The molecule has 0 spiro atoms. The highest BCUT2D eigenvalue weighted by Crippen LogP contribution is 2.27. The van der Waals surface area contributed by atoms with E-state index in [1.807, 2.05) is 24.3 Å². The fraction of sp³-hybridized carbons (Fsp3) is 0.222. The van der Waals surface area contributed by atoms with Crippen LogP contribution in [0.5, 0.6) is 5.75 Å². The van der Waals surface area contributed by atoms with Gasteiger partial charge in [0.15, 0.2) is 19.0 Å². The summed E-state index contributed by atoms with van der Waals surface area (Å²) < 4.78 is 10.1. The minimum absolute atomic E-state index is 0.0331. The molecule has 8 heteroatoms. The van der Waals surface area contributed by atoms with Crippen molar-refractivity contribution in [2.45, 2.75) is 6.42 Å². The summed E-state index contributed by atoms with van der Waals surface area (Å²) in [6.45, 7) is -0.384. The minimum Gasteiger partial charge on any atom is -0.475 e. The number of hydrogen-bond acceptors (Lipinski definition) is 6. The number of nitro groups is 1. The molecule has 0 saturated carbocycles. The molecule has 1 heterocycles. The summed E-state index contributed by atoms with van der Waals surface area (Å²) in [5.41, 5.74) is 1.65. The number of benzene rings is 2. The summed E-state index contributed by atoms with van der Waals surface area (Å²) >= 11 is 0. The molecule has 0 bridgehead atoms. The molecule has 0 radical (unpaired) electrons. The predicted molar refractivity (Wildman–Crippen MR) is 92.0 cm³/mol. The van der Waals surface area contributed by atoms with Crippen molar-refractivity contribution in [1.82, 2.24) is 0 Å². The van der Waals surface area contributed by atoms with E-state index in [4.69, 9.17) is 9.47 Å². The van der Waals surface area contributed by atoms with Crippen molar-refractivity contribution in [3.8, 4) is 5.75 Å². The van der Waals surface area contributed by atoms with Crippen LogP contribution in [0.25, 0.3) is 0 Å². The molecular weight excluding hydrogens is 340 g/mol. The van der Waals surface area contributed by atoms with Crippen LogP contribution in [0.2, 0.25) is 0 Å². The summed E-state index contributed by atoms with van der Waals surface area (Å²) in [7, 11) is 0. The molecule has 0 aliphatic carbocycles. The highest BCUT2D eigenvalue weighted by Gasteiger charge is 2.25. The fourth-order valence-corrected chi connectivity index (χ4v) is 2.73. The van der Waals surface area contributed by atoms with E-state index in [0.29, 0.717) is 6.54 Å². The Morgan fingerprint density at radius 2 is 1.81 bits per heavy atom. The van der Waals surface area contributed by atoms with Gasteiger partial charge in [0.05, 0.1) is 4.92 Å². The van der Waals surface area contributed by atoms with E-state index in [1.165, 1.54) is 18.2 Å². The minimum atomic E-state index is -0.774. The number of ether oxygens (including phenoxy) is 2. The summed E-state index contributed by atoms with van der Waals surface area (Å²) in [5, 5.41) is 10.9. The highest BCUT2D eigenvalue weighted by atomic mass is 16.6. The maximum atomic E-state index is 12.2. The number of para-hydroxylation sites is 3. The van der Waals surface area contributed by atoms with E-state index in [2.05, 4.69) is 0 Å². The summed E-state index contributed by atoms with van der Waals surface area (Å²) in [5.74, 6) is -1.13. The molecule has 1 aliphatic rings. The Morgan fingerprint density at radius 1 is 1.08 bits per heavy atom. The number of nitro benzene ring substituents is 1. The van der Waals surface area contributed by atoms with Gasteiger partial charge in [-0.1, -0.05) is 30.3 Å². The van der Waals surface area contributed by atoms with Crippen molar-refractivity contribution in [3.05, 3.63) is 64.2 Å². The third-order valence-corrected chi connectivity index (χ3v) is 3.95. The van der Waals surface area contributed by atoms with Gasteiger partial charge in [-0.3, -0.25) is 14.9 Å². The van der Waals surface area contributed by atoms with Gasteiger partial charge in [-0.2, -0.15) is 0 Å². The maximum absolute atomic E-state index is 12.2. The lowest BCUT2D eigenvalue weighted by Crippen LogP contribution is -2.33. The first-order valence-electron chi connectivity index (χ1n) is 7.96. The Bertz CT molecular complexity index is 851. The Hall–Kier alpha value is -3.42. The van der Waals surface area contributed by atoms with Gasteiger partial charge in [0.2, 0.25) is 0 Å². The lowest BCUT2D eigenvalue weighted by Gasteiger charge is -2.17. The van der Waals surface area contributed by atoms with Crippen LogP contribution in [0, 0.1) is 10.1 Å². The van der Waals surface area contributed by atoms with E-state index >= 15 is 0 Å². The van der Waals surface area contributed by atoms with Gasteiger partial charge in [-0.15, -0.1) is 0 Å². The maximum Gasteiger partial charge on any atom is 0.344 e. The molecule has 1 aliphatic heterocycles. The van der Waals surface area contributed by atoms with Crippen molar-refractivity contribution in [2.75, 3.05) is 24.7 Å². The molecule has 0 unspecified atom stereocenters. The van der Waals surface area contributed by atoms with E-state index in [-0.39, 0.29) is 17.3 Å². The Morgan fingerprint density at radius 3 is 2.62 bits per heavy atom. The van der Waals surface area contributed by atoms with Gasteiger partial charge in [0, 0.05) is 18.3 Å². The second-order valence-electron chi connectivity index (χ2n) is 5.60. The zero-order valence-electron chi connectivity index (χ0n) is 13.8. The third kappa shape index (κ3) is 3.80. The zero-order valence-corrected chi connectivity index (χ0v) is 13.8. The van der Waals surface area contributed by atoms with Crippen LogP contribution in [-0.2, 0) is 20.7 Å². The Kier molecular flexibility index (Phi) is 5.12. The molecule has 0 saturated heterocycles. The van der Waals surface area contributed by atoms with Gasteiger partial charge in [0.1, 0.15) is 0 Å². The predicted octanol–water partition coefficient (Wildman–Crippen LogP) is 2.11. The molecule has 3 rings (SSSR count). The molecule has 2 aromatic rings. The number of amides is 1. The molecule has 0 atom stereocenters. The zero-order chi connectivity index (χ0) is 18.5. The normalized spacial score (nSPS) is 12.4. The smallest absolute Gasteiger partial charge is 0.344 e. The van der Waals surface area contributed by atoms with E-state index in [1.54, 1.807) is 11.0 Å². The van der Waals surface area contributed by atoms with Crippen LogP contribution in [0.1, 0.15) is 5.56 Å². The van der Waals surface area contributed by atoms with Crippen molar-refractivity contribution in [1.29, 1.82) is 0 Å². The van der Waals surface area contributed by atoms with Crippen LogP contribution < -0.4 is 9.64 Å². The van der Waals surface area contributed by atoms with Crippen molar-refractivity contribution in [2.24, 2.45) is 0 Å². The van der Waals surface area contributed by atoms with Gasteiger partial charge in [-0.25, -0.2) is 4.79 Å². The summed E-state index contributed by atoms with van der Waals surface area (Å²) in [4.78, 5) is 35.9. The monoisotopic (exact) mass is 356 g/mol. The standard InChI is InChI=1S/C18H16N2O6/c21-17(19-10-9-13-5-1-2-6-14(13)19)11-26-18(22)12-25-16-8-4-3-7-15(16)20(23)24/h1-8H,9-12H2. The van der Waals surface area contributed by atoms with E-state index in [9.17, 15) is 19.7 Å². The first kappa shape index (κ1) is 17.4. The molecule has 0 fully saturated rings. The van der Waals surface area contributed by atoms with Crippen molar-refractivity contribution >= 4 is 23.3 Å².